The van der Waals surface area contributed by atoms with Crippen LogP contribution in [0.3, 0.4) is 0 Å². The van der Waals surface area contributed by atoms with Crippen LogP contribution in [0.1, 0.15) is 11.1 Å². The fourth-order valence-electron chi connectivity index (χ4n) is 2.02. The van der Waals surface area contributed by atoms with Crippen LogP contribution in [0.2, 0.25) is 0 Å². The molecule has 0 unspecified atom stereocenters. The van der Waals surface area contributed by atoms with Crippen LogP contribution in [0.4, 0.5) is 0 Å². The minimum atomic E-state index is 0.672. The van der Waals surface area contributed by atoms with Crippen LogP contribution in [-0.4, -0.2) is 31.1 Å². The lowest BCUT2D eigenvalue weighted by Crippen LogP contribution is -2.28. The molecule has 0 N–H and O–H groups in total. The summed E-state index contributed by atoms with van der Waals surface area (Å²) in [5.41, 5.74) is 2.32. The molecule has 0 fully saturated rings. The molecule has 2 nitrogen and oxygen atoms in total. The summed E-state index contributed by atoms with van der Waals surface area (Å²) in [5, 5.41) is 0. The molecule has 0 aliphatic heterocycles. The quantitative estimate of drug-likeness (QED) is 0.667. The summed E-state index contributed by atoms with van der Waals surface area (Å²) in [4.78, 5) is 2.24. The maximum Gasteiger partial charge on any atom is 0.125 e. The molecule has 0 atom stereocenters. The molecule has 0 saturated carbocycles. The summed E-state index contributed by atoms with van der Waals surface area (Å²) in [6, 6.07) is 4.15. The van der Waals surface area contributed by atoms with Gasteiger partial charge in [0.25, 0.3) is 0 Å². The third-order valence-corrected chi connectivity index (χ3v) is 3.31. The number of hydrogen-bond acceptors (Lipinski definition) is 2. The van der Waals surface area contributed by atoms with E-state index in [1.54, 1.807) is 0 Å². The van der Waals surface area contributed by atoms with Crippen molar-refractivity contribution in [2.75, 3.05) is 26.2 Å². The Bertz CT molecular complexity index is 409. The normalized spacial score (nSPS) is 10.5. The molecule has 104 valence electrons. The lowest BCUT2D eigenvalue weighted by molar-refractivity contribution is 0.234. The Hall–Kier alpha value is -1.06. The fourth-order valence-corrected chi connectivity index (χ4v) is 2.71. The van der Waals surface area contributed by atoms with Crippen LogP contribution in [0.5, 0.6) is 5.75 Å². The smallest absolute Gasteiger partial charge is 0.125 e. The predicted molar refractivity (Wildman–Crippen MR) is 85.9 cm³/mol. The van der Waals surface area contributed by atoms with Crippen molar-refractivity contribution in [2.24, 2.45) is 0 Å². The summed E-state index contributed by atoms with van der Waals surface area (Å²) in [6.45, 7) is 14.9. The molecular weight excluding hydrogens is 302 g/mol. The van der Waals surface area contributed by atoms with Crippen LogP contribution in [-0.2, 0) is 0 Å². The van der Waals surface area contributed by atoms with Crippen molar-refractivity contribution in [1.29, 1.82) is 0 Å². The van der Waals surface area contributed by atoms with E-state index in [4.69, 9.17) is 4.74 Å². The third-order valence-electron chi connectivity index (χ3n) is 2.85. The van der Waals surface area contributed by atoms with Gasteiger partial charge in [-0.1, -0.05) is 28.1 Å². The summed E-state index contributed by atoms with van der Waals surface area (Å²) in [6.07, 6.45) is 3.80. The summed E-state index contributed by atoms with van der Waals surface area (Å²) in [7, 11) is 0. The first-order chi connectivity index (χ1) is 9.08. The number of hydrogen-bond donors (Lipinski definition) is 0. The van der Waals surface area contributed by atoms with E-state index < -0.39 is 0 Å². The van der Waals surface area contributed by atoms with Crippen molar-refractivity contribution in [3.63, 3.8) is 0 Å². The second-order valence-corrected chi connectivity index (χ2v) is 5.47. The molecule has 19 heavy (non-hydrogen) atoms. The summed E-state index contributed by atoms with van der Waals surface area (Å²) >= 11 is 3.49. The Morgan fingerprint density at radius 1 is 1.16 bits per heavy atom. The number of aryl methyl sites for hydroxylation is 2. The predicted octanol–water partition coefficient (Wildman–Crippen LogP) is 4.12. The number of benzene rings is 1. The van der Waals surface area contributed by atoms with E-state index in [9.17, 15) is 0 Å². The minimum absolute atomic E-state index is 0.672. The van der Waals surface area contributed by atoms with E-state index >= 15 is 0 Å². The lowest BCUT2D eigenvalue weighted by atomic mass is 10.1. The van der Waals surface area contributed by atoms with Gasteiger partial charge in [0.05, 0.1) is 0 Å². The van der Waals surface area contributed by atoms with Gasteiger partial charge in [-0.2, -0.15) is 0 Å². The third kappa shape index (κ3) is 5.21. The van der Waals surface area contributed by atoms with Crippen LogP contribution >= 0.6 is 15.9 Å². The zero-order valence-corrected chi connectivity index (χ0v) is 13.4. The van der Waals surface area contributed by atoms with Crippen molar-refractivity contribution in [3.05, 3.63) is 53.0 Å². The van der Waals surface area contributed by atoms with Gasteiger partial charge in [-0.15, -0.1) is 13.2 Å². The molecular formula is C16H22BrNO. The molecule has 3 heteroatoms. The SMILES string of the molecule is C=CCN(CC=C)CCOc1c(C)cc(Br)cc1C. The van der Waals surface area contributed by atoms with Crippen molar-refractivity contribution in [2.45, 2.75) is 13.8 Å². The molecule has 1 rings (SSSR count). The molecule has 1 aromatic carbocycles. The van der Waals surface area contributed by atoms with E-state index in [1.807, 2.05) is 12.2 Å². The maximum absolute atomic E-state index is 5.91. The summed E-state index contributed by atoms with van der Waals surface area (Å²) in [5.74, 6) is 0.986. The van der Waals surface area contributed by atoms with Crippen LogP contribution in [0.25, 0.3) is 0 Å². The van der Waals surface area contributed by atoms with Gasteiger partial charge in [0.1, 0.15) is 12.4 Å². The van der Waals surface area contributed by atoms with Gasteiger partial charge in [-0.05, 0) is 37.1 Å². The molecule has 0 radical (unpaired) electrons. The van der Waals surface area contributed by atoms with Gasteiger partial charge in [0.2, 0.25) is 0 Å². The molecule has 0 saturated heterocycles. The molecule has 0 bridgehead atoms. The zero-order valence-electron chi connectivity index (χ0n) is 11.8. The number of halogens is 1. The Kier molecular flexibility index (Phi) is 6.89. The highest BCUT2D eigenvalue weighted by Gasteiger charge is 2.06. The standard InChI is InChI=1S/C16H22BrNO/c1-5-7-18(8-6-2)9-10-19-16-13(3)11-15(17)12-14(16)4/h5-6,11-12H,1-2,7-10H2,3-4H3. The first-order valence-corrected chi connectivity index (χ1v) is 7.21. The van der Waals surface area contributed by atoms with Gasteiger partial charge in [-0.3, -0.25) is 4.90 Å². The largest absolute Gasteiger partial charge is 0.492 e. The summed E-state index contributed by atoms with van der Waals surface area (Å²) < 4.78 is 7.01. The first-order valence-electron chi connectivity index (χ1n) is 6.42. The van der Waals surface area contributed by atoms with Gasteiger partial charge in [0, 0.05) is 24.1 Å². The van der Waals surface area contributed by atoms with Crippen LogP contribution in [0.15, 0.2) is 41.9 Å². The molecule has 0 aliphatic carbocycles. The van der Waals surface area contributed by atoms with Gasteiger partial charge in [-0.25, -0.2) is 0 Å². The highest BCUT2D eigenvalue weighted by molar-refractivity contribution is 9.10. The van der Waals surface area contributed by atoms with Gasteiger partial charge < -0.3 is 4.74 Å². The van der Waals surface area contributed by atoms with Crippen molar-refractivity contribution in [3.8, 4) is 5.75 Å². The average Bonchev–Trinajstić information content (AvgIpc) is 2.32. The van der Waals surface area contributed by atoms with Gasteiger partial charge >= 0.3 is 0 Å². The first kappa shape index (κ1) is 16.0. The molecule has 0 aromatic heterocycles. The van der Waals surface area contributed by atoms with E-state index in [-0.39, 0.29) is 0 Å². The monoisotopic (exact) mass is 323 g/mol. The van der Waals surface area contributed by atoms with Crippen LogP contribution < -0.4 is 4.74 Å². The van der Waals surface area contributed by atoms with Crippen molar-refractivity contribution >= 4 is 15.9 Å². The molecule has 0 spiro atoms. The Morgan fingerprint density at radius 2 is 1.68 bits per heavy atom. The maximum atomic E-state index is 5.91. The number of nitrogens with zero attached hydrogens (tertiary/aromatic N) is 1. The van der Waals surface area contributed by atoms with E-state index in [2.05, 4.69) is 60.0 Å². The minimum Gasteiger partial charge on any atom is -0.492 e. The fraction of sp³-hybridized carbons (Fsp3) is 0.375. The topological polar surface area (TPSA) is 12.5 Å². The molecule has 0 aliphatic rings. The zero-order chi connectivity index (χ0) is 14.3. The number of ether oxygens (including phenoxy) is 1. The van der Waals surface area contributed by atoms with E-state index in [1.165, 1.54) is 0 Å². The molecule has 0 amide bonds. The van der Waals surface area contributed by atoms with E-state index in [0.717, 1.165) is 41.0 Å². The lowest BCUT2D eigenvalue weighted by Gasteiger charge is -2.20. The van der Waals surface area contributed by atoms with Gasteiger partial charge in [0.15, 0.2) is 0 Å². The highest BCUT2D eigenvalue weighted by Crippen LogP contribution is 2.27. The average molecular weight is 324 g/mol. The Morgan fingerprint density at radius 3 is 2.16 bits per heavy atom. The number of rotatable bonds is 8. The van der Waals surface area contributed by atoms with E-state index in [0.29, 0.717) is 6.61 Å². The van der Waals surface area contributed by atoms with Crippen LogP contribution in [0, 0.1) is 13.8 Å². The molecule has 1 aromatic rings. The highest BCUT2D eigenvalue weighted by atomic mass is 79.9. The second kappa shape index (κ2) is 8.18. The molecule has 0 heterocycles. The van der Waals surface area contributed by atoms with Crippen molar-refractivity contribution in [1.82, 2.24) is 4.90 Å². The Balaban J connectivity index is 2.57. The Labute approximate surface area is 124 Å². The van der Waals surface area contributed by atoms with Crippen molar-refractivity contribution < 1.29 is 4.74 Å². The second-order valence-electron chi connectivity index (χ2n) is 4.55.